The van der Waals surface area contributed by atoms with Crippen LogP contribution in [-0.4, -0.2) is 23.7 Å². The second kappa shape index (κ2) is 11.5. The lowest BCUT2D eigenvalue weighted by atomic mass is 9.94. The van der Waals surface area contributed by atoms with Gasteiger partial charge in [-0.2, -0.15) is 0 Å². The Balaban J connectivity index is 1.63. The van der Waals surface area contributed by atoms with Crippen molar-refractivity contribution >= 4 is 5.97 Å². The van der Waals surface area contributed by atoms with Gasteiger partial charge in [-0.15, -0.1) is 0 Å². The number of hydrogen-bond donors (Lipinski definition) is 3. The largest absolute Gasteiger partial charge is 0.489 e. The molecule has 1 aliphatic rings. The number of para-hydroxylation sites is 1. The highest BCUT2D eigenvalue weighted by molar-refractivity contribution is 5.71. The first-order valence-corrected chi connectivity index (χ1v) is 12.2. The van der Waals surface area contributed by atoms with Crippen molar-refractivity contribution in [1.29, 1.82) is 0 Å². The van der Waals surface area contributed by atoms with Crippen LogP contribution in [0.1, 0.15) is 54.5 Å². The Kier molecular flexibility index (Phi) is 8.16. The Morgan fingerprint density at radius 3 is 2.71 bits per heavy atom. The van der Waals surface area contributed by atoms with Gasteiger partial charge in [0, 0.05) is 28.8 Å². The van der Waals surface area contributed by atoms with Crippen molar-refractivity contribution < 1.29 is 19.0 Å². The summed E-state index contributed by atoms with van der Waals surface area (Å²) in [5.74, 6) is -0.659. The normalized spacial score (nSPS) is 16.3. The van der Waals surface area contributed by atoms with Gasteiger partial charge in [-0.25, -0.2) is 4.39 Å². The Labute approximate surface area is 206 Å². The van der Waals surface area contributed by atoms with Crippen LogP contribution in [0.25, 0.3) is 11.1 Å². The molecule has 0 aliphatic carbocycles. The highest BCUT2D eigenvalue weighted by Crippen LogP contribution is 2.30. The standard InChI is InChI=1S/C29H33FN2O3/c1-19(31)25-8-4-9-26(29(25)30)23-15-20(11-12-24-7-5-13-32-24)14-21(16-23)18-35-27-10-3-2-6-22(27)17-28(33)34/h2-4,6,8-10,14-16,19,24,32H,5,7,11-13,17-18,31H2,1H3,(H,33,34). The summed E-state index contributed by atoms with van der Waals surface area (Å²) in [7, 11) is 0. The van der Waals surface area contributed by atoms with E-state index in [0.29, 0.717) is 28.5 Å². The number of rotatable bonds is 10. The first-order valence-electron chi connectivity index (χ1n) is 12.2. The number of carboxylic acid groups (broad SMARTS) is 1. The Morgan fingerprint density at radius 2 is 1.97 bits per heavy atom. The summed E-state index contributed by atoms with van der Waals surface area (Å²) in [5, 5.41) is 12.7. The van der Waals surface area contributed by atoms with Crippen LogP contribution >= 0.6 is 0 Å². The monoisotopic (exact) mass is 476 g/mol. The summed E-state index contributed by atoms with van der Waals surface area (Å²) >= 11 is 0. The molecule has 4 N–H and O–H groups in total. The molecule has 2 unspecified atom stereocenters. The summed E-state index contributed by atoms with van der Waals surface area (Å²) in [6.07, 6.45) is 4.18. The maximum Gasteiger partial charge on any atom is 0.307 e. The lowest BCUT2D eigenvalue weighted by molar-refractivity contribution is -0.136. The molecule has 184 valence electrons. The smallest absolute Gasteiger partial charge is 0.307 e. The molecule has 1 fully saturated rings. The van der Waals surface area contributed by atoms with Gasteiger partial charge < -0.3 is 20.9 Å². The minimum atomic E-state index is -0.907. The fourth-order valence-electron chi connectivity index (χ4n) is 4.73. The van der Waals surface area contributed by atoms with Gasteiger partial charge in [0.2, 0.25) is 0 Å². The lowest BCUT2D eigenvalue weighted by Crippen LogP contribution is -2.21. The summed E-state index contributed by atoms with van der Waals surface area (Å²) in [6, 6.07) is 18.7. The minimum absolute atomic E-state index is 0.106. The van der Waals surface area contributed by atoms with Crippen LogP contribution in [0.2, 0.25) is 0 Å². The third kappa shape index (κ3) is 6.47. The van der Waals surface area contributed by atoms with E-state index in [-0.39, 0.29) is 18.8 Å². The van der Waals surface area contributed by atoms with E-state index in [1.54, 1.807) is 37.3 Å². The third-order valence-electron chi connectivity index (χ3n) is 6.54. The minimum Gasteiger partial charge on any atom is -0.489 e. The maximum absolute atomic E-state index is 15.4. The molecule has 3 aromatic carbocycles. The number of carboxylic acids is 1. The number of aryl methyl sites for hydroxylation is 1. The summed E-state index contributed by atoms with van der Waals surface area (Å²) in [5.41, 5.74) is 10.5. The zero-order valence-corrected chi connectivity index (χ0v) is 20.1. The molecule has 4 rings (SSSR count). The zero-order chi connectivity index (χ0) is 24.8. The molecule has 1 heterocycles. The number of nitrogens with one attached hydrogen (secondary N) is 1. The van der Waals surface area contributed by atoms with Gasteiger partial charge in [0.05, 0.1) is 6.42 Å². The number of ether oxygens (including phenoxy) is 1. The number of aliphatic carboxylic acids is 1. The van der Waals surface area contributed by atoms with Crippen molar-refractivity contribution in [2.45, 2.75) is 57.7 Å². The SMILES string of the molecule is CC(N)c1cccc(-c2cc(CCC3CCCN3)cc(COc3ccccc3CC(=O)O)c2)c1F. The molecule has 1 saturated heterocycles. The van der Waals surface area contributed by atoms with E-state index in [0.717, 1.165) is 36.1 Å². The van der Waals surface area contributed by atoms with Crippen molar-refractivity contribution in [1.82, 2.24) is 5.32 Å². The van der Waals surface area contributed by atoms with Gasteiger partial charge in [0.25, 0.3) is 0 Å². The fourth-order valence-corrected chi connectivity index (χ4v) is 4.73. The van der Waals surface area contributed by atoms with E-state index in [1.165, 1.54) is 12.8 Å². The molecular weight excluding hydrogens is 443 g/mol. The maximum atomic E-state index is 15.4. The molecule has 0 amide bonds. The van der Waals surface area contributed by atoms with Crippen molar-refractivity contribution in [3.63, 3.8) is 0 Å². The Hall–Kier alpha value is -3.22. The lowest BCUT2D eigenvalue weighted by Gasteiger charge is -2.16. The van der Waals surface area contributed by atoms with Gasteiger partial charge in [0.15, 0.2) is 0 Å². The molecular formula is C29H33FN2O3. The van der Waals surface area contributed by atoms with Gasteiger partial charge in [-0.05, 0) is 68.0 Å². The van der Waals surface area contributed by atoms with Gasteiger partial charge in [0.1, 0.15) is 18.2 Å². The predicted molar refractivity (Wildman–Crippen MR) is 136 cm³/mol. The molecule has 0 aromatic heterocycles. The first-order chi connectivity index (χ1) is 16.9. The van der Waals surface area contributed by atoms with E-state index < -0.39 is 12.0 Å². The second-order valence-corrected chi connectivity index (χ2v) is 9.33. The second-order valence-electron chi connectivity index (χ2n) is 9.33. The number of hydrogen-bond acceptors (Lipinski definition) is 4. The molecule has 0 saturated carbocycles. The molecule has 6 heteroatoms. The zero-order valence-electron chi connectivity index (χ0n) is 20.1. The number of halogens is 1. The van der Waals surface area contributed by atoms with Gasteiger partial charge in [-0.3, -0.25) is 4.79 Å². The van der Waals surface area contributed by atoms with Crippen LogP contribution in [0.3, 0.4) is 0 Å². The first kappa shape index (κ1) is 24.9. The highest BCUT2D eigenvalue weighted by Gasteiger charge is 2.17. The van der Waals surface area contributed by atoms with E-state index in [2.05, 4.69) is 17.4 Å². The molecule has 2 atom stereocenters. The van der Waals surface area contributed by atoms with Crippen molar-refractivity contribution in [2.75, 3.05) is 6.54 Å². The molecule has 35 heavy (non-hydrogen) atoms. The van der Waals surface area contributed by atoms with Gasteiger partial charge >= 0.3 is 5.97 Å². The predicted octanol–water partition coefficient (Wildman–Crippen LogP) is 5.40. The number of benzene rings is 3. The molecule has 0 spiro atoms. The third-order valence-corrected chi connectivity index (χ3v) is 6.54. The van der Waals surface area contributed by atoms with Crippen molar-refractivity contribution in [3.05, 3.63) is 88.7 Å². The Bertz CT molecular complexity index is 1170. The topological polar surface area (TPSA) is 84.6 Å². The van der Waals surface area contributed by atoms with E-state index in [4.69, 9.17) is 10.5 Å². The van der Waals surface area contributed by atoms with Crippen LogP contribution in [0.4, 0.5) is 4.39 Å². The van der Waals surface area contributed by atoms with Gasteiger partial charge in [-0.1, -0.05) is 48.5 Å². The van der Waals surface area contributed by atoms with E-state index in [9.17, 15) is 9.90 Å². The molecule has 0 bridgehead atoms. The molecule has 0 radical (unpaired) electrons. The Morgan fingerprint density at radius 1 is 1.17 bits per heavy atom. The fraction of sp³-hybridized carbons (Fsp3) is 0.345. The highest BCUT2D eigenvalue weighted by atomic mass is 19.1. The summed E-state index contributed by atoms with van der Waals surface area (Å²) in [6.45, 7) is 3.10. The molecule has 5 nitrogen and oxygen atoms in total. The van der Waals surface area contributed by atoms with Crippen molar-refractivity contribution in [2.24, 2.45) is 5.73 Å². The van der Waals surface area contributed by atoms with Crippen molar-refractivity contribution in [3.8, 4) is 16.9 Å². The summed E-state index contributed by atoms with van der Waals surface area (Å²) < 4.78 is 21.4. The quantitative estimate of drug-likeness (QED) is 0.365. The number of nitrogens with two attached hydrogens (primary N) is 1. The summed E-state index contributed by atoms with van der Waals surface area (Å²) in [4.78, 5) is 11.2. The van der Waals surface area contributed by atoms with Crippen LogP contribution in [-0.2, 0) is 24.2 Å². The molecule has 1 aliphatic heterocycles. The van der Waals surface area contributed by atoms with E-state index in [1.807, 2.05) is 18.2 Å². The van der Waals surface area contributed by atoms with Crippen LogP contribution in [0.15, 0.2) is 60.7 Å². The average Bonchev–Trinajstić information content (AvgIpc) is 3.35. The van der Waals surface area contributed by atoms with E-state index >= 15 is 4.39 Å². The number of carbonyl (C=O) groups is 1. The average molecular weight is 477 g/mol. The van der Waals surface area contributed by atoms with Crippen LogP contribution < -0.4 is 15.8 Å². The van der Waals surface area contributed by atoms with Crippen LogP contribution in [0.5, 0.6) is 5.75 Å². The molecule has 3 aromatic rings. The van der Waals surface area contributed by atoms with Crippen LogP contribution in [0, 0.1) is 5.82 Å².